The summed E-state index contributed by atoms with van der Waals surface area (Å²) in [5.41, 5.74) is 3.60. The first-order chi connectivity index (χ1) is 8.76. The summed E-state index contributed by atoms with van der Waals surface area (Å²) in [6, 6.07) is 0. The number of hydrogen-bond donors (Lipinski definition) is 1. The summed E-state index contributed by atoms with van der Waals surface area (Å²) >= 11 is 0. The molecular formula is C14H23N3O. The third-order valence-corrected chi connectivity index (χ3v) is 3.37. The van der Waals surface area contributed by atoms with Crippen LogP contribution in [0.5, 0.6) is 0 Å². The van der Waals surface area contributed by atoms with E-state index in [9.17, 15) is 0 Å². The monoisotopic (exact) mass is 249 g/mol. The molecule has 18 heavy (non-hydrogen) atoms. The Labute approximate surface area is 109 Å². The van der Waals surface area contributed by atoms with Gasteiger partial charge < -0.3 is 10.1 Å². The largest absolute Gasteiger partial charge is 0.371 e. The Morgan fingerprint density at radius 2 is 2.17 bits per heavy atom. The maximum Gasteiger partial charge on any atom is 0.157 e. The van der Waals surface area contributed by atoms with Crippen molar-refractivity contribution in [3.8, 4) is 0 Å². The third kappa shape index (κ3) is 2.87. The van der Waals surface area contributed by atoms with Crippen molar-refractivity contribution in [3.63, 3.8) is 0 Å². The molecule has 2 heterocycles. The summed E-state index contributed by atoms with van der Waals surface area (Å²) in [5, 5.41) is 3.37. The van der Waals surface area contributed by atoms with Gasteiger partial charge in [0.05, 0.1) is 5.69 Å². The smallest absolute Gasteiger partial charge is 0.157 e. The molecule has 1 aliphatic heterocycles. The van der Waals surface area contributed by atoms with Gasteiger partial charge in [-0.25, -0.2) is 9.97 Å². The molecule has 0 saturated carbocycles. The van der Waals surface area contributed by atoms with Gasteiger partial charge in [0.15, 0.2) is 5.82 Å². The van der Waals surface area contributed by atoms with Crippen molar-refractivity contribution < 1.29 is 4.74 Å². The fraction of sp³-hybridized carbons (Fsp3) is 0.714. The summed E-state index contributed by atoms with van der Waals surface area (Å²) in [4.78, 5) is 9.37. The predicted octanol–water partition coefficient (Wildman–Crippen LogP) is 2.31. The van der Waals surface area contributed by atoms with Crippen LogP contribution < -0.4 is 5.32 Å². The fourth-order valence-corrected chi connectivity index (χ4v) is 2.46. The molecular weight excluding hydrogens is 226 g/mol. The van der Waals surface area contributed by atoms with Crippen LogP contribution in [0.1, 0.15) is 55.6 Å². The molecule has 4 heteroatoms. The van der Waals surface area contributed by atoms with Crippen LogP contribution in [0, 0.1) is 6.92 Å². The highest BCUT2D eigenvalue weighted by Crippen LogP contribution is 2.23. The van der Waals surface area contributed by atoms with Crippen LogP contribution in [0.4, 0.5) is 0 Å². The Hall–Kier alpha value is -1.00. The number of hydrogen-bond acceptors (Lipinski definition) is 4. The van der Waals surface area contributed by atoms with Gasteiger partial charge in [-0.1, -0.05) is 13.3 Å². The molecule has 0 fully saturated rings. The average Bonchev–Trinajstić information content (AvgIpc) is 2.38. The van der Waals surface area contributed by atoms with Crippen LogP contribution in [0.2, 0.25) is 0 Å². The van der Waals surface area contributed by atoms with Crippen LogP contribution in [-0.2, 0) is 17.7 Å². The van der Waals surface area contributed by atoms with Crippen LogP contribution >= 0.6 is 0 Å². The molecule has 0 amide bonds. The van der Waals surface area contributed by atoms with E-state index in [0.717, 1.165) is 49.6 Å². The second kappa shape index (κ2) is 6.25. The number of aromatic nitrogens is 2. The molecule has 1 aromatic heterocycles. The second-order valence-electron chi connectivity index (χ2n) is 4.75. The number of ether oxygens (including phenoxy) is 1. The topological polar surface area (TPSA) is 47.0 Å². The van der Waals surface area contributed by atoms with Gasteiger partial charge in [0, 0.05) is 18.8 Å². The fourth-order valence-electron chi connectivity index (χ4n) is 2.46. The minimum absolute atomic E-state index is 0.0472. The summed E-state index contributed by atoms with van der Waals surface area (Å²) in [6.07, 6.45) is 3.15. The maximum atomic E-state index is 5.77. The number of rotatable bonds is 5. The van der Waals surface area contributed by atoms with E-state index in [0.29, 0.717) is 6.61 Å². The minimum Gasteiger partial charge on any atom is -0.371 e. The van der Waals surface area contributed by atoms with Crippen LogP contribution in [0.3, 0.4) is 0 Å². The predicted molar refractivity (Wildman–Crippen MR) is 71.5 cm³/mol. The summed E-state index contributed by atoms with van der Waals surface area (Å²) in [6.45, 7) is 8.87. The van der Waals surface area contributed by atoms with Crippen LogP contribution in [-0.4, -0.2) is 23.1 Å². The molecule has 1 unspecified atom stereocenters. The quantitative estimate of drug-likeness (QED) is 0.870. The van der Waals surface area contributed by atoms with E-state index in [2.05, 4.69) is 24.1 Å². The first kappa shape index (κ1) is 13.4. The Kier molecular flexibility index (Phi) is 4.66. The van der Waals surface area contributed by atoms with Crippen molar-refractivity contribution in [2.75, 3.05) is 13.2 Å². The average molecular weight is 249 g/mol. The van der Waals surface area contributed by atoms with Gasteiger partial charge >= 0.3 is 0 Å². The maximum absolute atomic E-state index is 5.77. The Balaban J connectivity index is 2.29. The van der Waals surface area contributed by atoms with Crippen LogP contribution in [0.25, 0.3) is 0 Å². The molecule has 0 radical (unpaired) electrons. The zero-order valence-corrected chi connectivity index (χ0v) is 11.6. The number of aryl methyl sites for hydroxylation is 1. The molecule has 1 aliphatic rings. The Bertz CT molecular complexity index is 400. The lowest BCUT2D eigenvalue weighted by molar-refractivity contribution is 0.0490. The molecule has 0 saturated heterocycles. The molecule has 4 nitrogen and oxygen atoms in total. The first-order valence-electron chi connectivity index (χ1n) is 6.94. The van der Waals surface area contributed by atoms with Gasteiger partial charge in [-0.15, -0.1) is 0 Å². The van der Waals surface area contributed by atoms with Crippen LogP contribution in [0.15, 0.2) is 0 Å². The molecule has 0 spiro atoms. The number of nitrogens with zero attached hydrogens (tertiary/aromatic N) is 2. The molecule has 0 aliphatic carbocycles. The standard InChI is InChI=1S/C14H23N3O/c1-4-6-13(18-5-2)14-16-10(3)11-7-8-15-9-12(11)17-14/h13,15H,4-9H2,1-3H3. The Morgan fingerprint density at radius 3 is 2.89 bits per heavy atom. The SMILES string of the molecule is CCCC(OCC)c1nc(C)c2c(n1)CNCC2. The van der Waals surface area contributed by atoms with Gasteiger partial charge in [0.25, 0.3) is 0 Å². The molecule has 1 atom stereocenters. The lowest BCUT2D eigenvalue weighted by Gasteiger charge is -2.21. The van der Waals surface area contributed by atoms with Crippen molar-refractivity contribution in [2.45, 2.75) is 52.7 Å². The highest BCUT2D eigenvalue weighted by molar-refractivity contribution is 5.27. The second-order valence-corrected chi connectivity index (χ2v) is 4.75. The number of nitrogens with one attached hydrogen (secondary N) is 1. The van der Waals surface area contributed by atoms with Crippen molar-refractivity contribution in [2.24, 2.45) is 0 Å². The third-order valence-electron chi connectivity index (χ3n) is 3.37. The minimum atomic E-state index is 0.0472. The van der Waals surface area contributed by atoms with Crippen molar-refractivity contribution in [1.82, 2.24) is 15.3 Å². The van der Waals surface area contributed by atoms with E-state index < -0.39 is 0 Å². The summed E-state index contributed by atoms with van der Waals surface area (Å²) in [5.74, 6) is 0.860. The molecule has 2 rings (SSSR count). The highest BCUT2D eigenvalue weighted by Gasteiger charge is 2.20. The molecule has 1 N–H and O–H groups in total. The van der Waals surface area contributed by atoms with E-state index in [1.165, 1.54) is 5.56 Å². The van der Waals surface area contributed by atoms with Crippen molar-refractivity contribution >= 4 is 0 Å². The normalized spacial score (nSPS) is 16.4. The van der Waals surface area contributed by atoms with Gasteiger partial charge in [0.1, 0.15) is 6.10 Å². The Morgan fingerprint density at radius 1 is 1.33 bits per heavy atom. The van der Waals surface area contributed by atoms with E-state index >= 15 is 0 Å². The molecule has 1 aromatic rings. The summed E-state index contributed by atoms with van der Waals surface area (Å²) in [7, 11) is 0. The van der Waals surface area contributed by atoms with Gasteiger partial charge in [0.2, 0.25) is 0 Å². The van der Waals surface area contributed by atoms with E-state index in [1.54, 1.807) is 0 Å². The molecule has 0 aromatic carbocycles. The van der Waals surface area contributed by atoms with Gasteiger partial charge in [-0.2, -0.15) is 0 Å². The first-order valence-corrected chi connectivity index (χ1v) is 6.94. The van der Waals surface area contributed by atoms with E-state index in [1.807, 2.05) is 6.92 Å². The number of fused-ring (bicyclic) bond motifs is 1. The van der Waals surface area contributed by atoms with E-state index in [-0.39, 0.29) is 6.10 Å². The van der Waals surface area contributed by atoms with Gasteiger partial charge in [-0.05, 0) is 38.8 Å². The van der Waals surface area contributed by atoms with Crippen molar-refractivity contribution in [3.05, 3.63) is 22.8 Å². The lowest BCUT2D eigenvalue weighted by atomic mass is 10.0. The lowest BCUT2D eigenvalue weighted by Crippen LogP contribution is -2.27. The van der Waals surface area contributed by atoms with Crippen molar-refractivity contribution in [1.29, 1.82) is 0 Å². The molecule has 100 valence electrons. The van der Waals surface area contributed by atoms with E-state index in [4.69, 9.17) is 9.72 Å². The highest BCUT2D eigenvalue weighted by atomic mass is 16.5. The summed E-state index contributed by atoms with van der Waals surface area (Å²) < 4.78 is 5.77. The molecule has 0 bridgehead atoms. The van der Waals surface area contributed by atoms with Gasteiger partial charge in [-0.3, -0.25) is 0 Å². The zero-order chi connectivity index (χ0) is 13.0. The zero-order valence-electron chi connectivity index (χ0n) is 11.6.